The van der Waals surface area contributed by atoms with E-state index < -0.39 is 5.60 Å². The van der Waals surface area contributed by atoms with E-state index in [1.54, 1.807) is 0 Å². The highest BCUT2D eigenvalue weighted by molar-refractivity contribution is 5.68. The highest BCUT2D eigenvalue weighted by atomic mass is 16.6. The molecule has 15 heavy (non-hydrogen) atoms. The molecule has 1 aliphatic carbocycles. The van der Waals surface area contributed by atoms with Crippen molar-refractivity contribution in [3.05, 3.63) is 18.6 Å². The van der Waals surface area contributed by atoms with Gasteiger partial charge in [-0.3, -0.25) is 0 Å². The standard InChI is InChI=1S/C12H20NO2/c1-5-9-6-7-10(8-9)13-11(14)15-12(2,3)4/h5,10H,1,6-8H2,2-4H3,(H,13,14). The third-order valence-corrected chi connectivity index (χ3v) is 2.33. The molecule has 3 nitrogen and oxygen atoms in total. The molecule has 0 aliphatic heterocycles. The predicted octanol–water partition coefficient (Wildman–Crippen LogP) is 2.82. The SMILES string of the molecule is [CH2]C=C1CCC(NC(=O)OC(C)(C)C)C1. The van der Waals surface area contributed by atoms with Crippen LogP contribution in [0.4, 0.5) is 4.79 Å². The van der Waals surface area contributed by atoms with Crippen molar-refractivity contribution in [2.24, 2.45) is 0 Å². The second kappa shape index (κ2) is 4.69. The molecule has 1 fully saturated rings. The summed E-state index contributed by atoms with van der Waals surface area (Å²) in [5.74, 6) is 0. The number of hydrogen-bond donors (Lipinski definition) is 1. The van der Waals surface area contributed by atoms with E-state index in [9.17, 15) is 4.79 Å². The molecule has 1 rings (SSSR count). The lowest BCUT2D eigenvalue weighted by Crippen LogP contribution is -2.37. The summed E-state index contributed by atoms with van der Waals surface area (Å²) >= 11 is 0. The van der Waals surface area contributed by atoms with Gasteiger partial charge in [-0.1, -0.05) is 11.6 Å². The fourth-order valence-corrected chi connectivity index (χ4v) is 1.66. The summed E-state index contributed by atoms with van der Waals surface area (Å²) in [4.78, 5) is 11.4. The highest BCUT2D eigenvalue weighted by Gasteiger charge is 2.23. The second-order valence-corrected chi connectivity index (χ2v) is 4.95. The Hall–Kier alpha value is -0.990. The smallest absolute Gasteiger partial charge is 0.407 e. The summed E-state index contributed by atoms with van der Waals surface area (Å²) in [6, 6.07) is 0.216. The van der Waals surface area contributed by atoms with Crippen molar-refractivity contribution < 1.29 is 9.53 Å². The Morgan fingerprint density at radius 1 is 1.60 bits per heavy atom. The molecule has 1 aliphatic rings. The van der Waals surface area contributed by atoms with E-state index in [1.807, 2.05) is 26.8 Å². The number of nitrogens with one attached hydrogen (secondary N) is 1. The monoisotopic (exact) mass is 210 g/mol. The minimum atomic E-state index is -0.423. The van der Waals surface area contributed by atoms with Gasteiger partial charge in [0.25, 0.3) is 0 Å². The zero-order valence-electron chi connectivity index (χ0n) is 9.80. The fourth-order valence-electron chi connectivity index (χ4n) is 1.66. The van der Waals surface area contributed by atoms with Crippen molar-refractivity contribution in [2.75, 3.05) is 0 Å². The molecular formula is C12H20NO2. The number of allylic oxidation sites excluding steroid dienone is 1. The van der Waals surface area contributed by atoms with Gasteiger partial charge in [0.05, 0.1) is 0 Å². The molecule has 0 aromatic rings. The minimum absolute atomic E-state index is 0.216. The molecule has 0 bridgehead atoms. The van der Waals surface area contributed by atoms with Crippen LogP contribution in [0.15, 0.2) is 11.6 Å². The molecule has 0 heterocycles. The van der Waals surface area contributed by atoms with E-state index in [4.69, 9.17) is 4.74 Å². The third-order valence-electron chi connectivity index (χ3n) is 2.33. The molecule has 1 saturated carbocycles. The van der Waals surface area contributed by atoms with Gasteiger partial charge in [-0.2, -0.15) is 0 Å². The van der Waals surface area contributed by atoms with Crippen LogP contribution in [0, 0.1) is 6.92 Å². The zero-order valence-corrected chi connectivity index (χ0v) is 9.80. The molecule has 1 amide bonds. The Kier molecular flexibility index (Phi) is 3.77. The lowest BCUT2D eigenvalue weighted by Gasteiger charge is -2.21. The van der Waals surface area contributed by atoms with Gasteiger partial charge in [0.15, 0.2) is 0 Å². The first-order valence-corrected chi connectivity index (χ1v) is 5.37. The average Bonchev–Trinajstić information content (AvgIpc) is 2.48. The molecule has 1 N–H and O–H groups in total. The number of hydrogen-bond acceptors (Lipinski definition) is 2. The van der Waals surface area contributed by atoms with Gasteiger partial charge in [0, 0.05) is 6.04 Å². The number of carbonyl (C=O) groups is 1. The first kappa shape index (κ1) is 12.1. The van der Waals surface area contributed by atoms with Crippen molar-refractivity contribution >= 4 is 6.09 Å². The number of ether oxygens (including phenoxy) is 1. The largest absolute Gasteiger partial charge is 0.444 e. The topological polar surface area (TPSA) is 38.3 Å². The van der Waals surface area contributed by atoms with Crippen LogP contribution in [0.2, 0.25) is 0 Å². The van der Waals surface area contributed by atoms with Crippen LogP contribution < -0.4 is 5.32 Å². The molecule has 1 radical (unpaired) electrons. The van der Waals surface area contributed by atoms with Crippen molar-refractivity contribution in [3.63, 3.8) is 0 Å². The van der Waals surface area contributed by atoms with Crippen LogP contribution in [0.25, 0.3) is 0 Å². The first-order chi connectivity index (χ1) is 6.90. The highest BCUT2D eigenvalue weighted by Crippen LogP contribution is 2.24. The molecular weight excluding hydrogens is 190 g/mol. The molecule has 1 atom stereocenters. The number of alkyl carbamates (subject to hydrolysis) is 1. The van der Waals surface area contributed by atoms with Crippen LogP contribution in [-0.2, 0) is 4.74 Å². The Bertz CT molecular complexity index is 263. The summed E-state index contributed by atoms with van der Waals surface area (Å²) in [6.45, 7) is 9.33. The molecule has 85 valence electrons. The average molecular weight is 210 g/mol. The van der Waals surface area contributed by atoms with Crippen LogP contribution in [0.5, 0.6) is 0 Å². The van der Waals surface area contributed by atoms with Crippen molar-refractivity contribution in [1.82, 2.24) is 5.32 Å². The van der Waals surface area contributed by atoms with Gasteiger partial charge in [-0.05, 0) is 47.0 Å². The van der Waals surface area contributed by atoms with E-state index >= 15 is 0 Å². The van der Waals surface area contributed by atoms with Gasteiger partial charge in [0.2, 0.25) is 0 Å². The first-order valence-electron chi connectivity index (χ1n) is 5.37. The van der Waals surface area contributed by atoms with Gasteiger partial charge in [0.1, 0.15) is 5.60 Å². The van der Waals surface area contributed by atoms with Crippen molar-refractivity contribution in [3.8, 4) is 0 Å². The minimum Gasteiger partial charge on any atom is -0.444 e. The number of rotatable bonds is 1. The summed E-state index contributed by atoms with van der Waals surface area (Å²) in [5.41, 5.74) is 0.893. The second-order valence-electron chi connectivity index (χ2n) is 4.95. The normalized spacial score (nSPS) is 24.3. The number of carbonyl (C=O) groups excluding carboxylic acids is 1. The zero-order chi connectivity index (χ0) is 11.5. The summed E-state index contributed by atoms with van der Waals surface area (Å²) < 4.78 is 5.18. The summed E-state index contributed by atoms with van der Waals surface area (Å²) in [5, 5.41) is 2.87. The van der Waals surface area contributed by atoms with Crippen LogP contribution in [0.1, 0.15) is 40.0 Å². The maximum absolute atomic E-state index is 11.4. The Morgan fingerprint density at radius 2 is 2.27 bits per heavy atom. The molecule has 0 spiro atoms. The van der Waals surface area contributed by atoms with Gasteiger partial charge in [-0.15, -0.1) is 0 Å². The Balaban J connectivity index is 2.34. The molecule has 3 heteroatoms. The van der Waals surface area contributed by atoms with E-state index in [-0.39, 0.29) is 12.1 Å². The van der Waals surface area contributed by atoms with E-state index in [2.05, 4.69) is 12.2 Å². The van der Waals surface area contributed by atoms with E-state index in [0.29, 0.717) is 0 Å². The van der Waals surface area contributed by atoms with Gasteiger partial charge < -0.3 is 10.1 Å². The van der Waals surface area contributed by atoms with Crippen LogP contribution >= 0.6 is 0 Å². The third kappa shape index (κ3) is 4.36. The van der Waals surface area contributed by atoms with Crippen molar-refractivity contribution in [1.29, 1.82) is 0 Å². The summed E-state index contributed by atoms with van der Waals surface area (Å²) in [6.07, 6.45) is 4.49. The molecule has 0 aromatic heterocycles. The lowest BCUT2D eigenvalue weighted by atomic mass is 10.2. The Labute approximate surface area is 91.9 Å². The fraction of sp³-hybridized carbons (Fsp3) is 0.667. The van der Waals surface area contributed by atoms with Crippen LogP contribution in [0.3, 0.4) is 0 Å². The van der Waals surface area contributed by atoms with Gasteiger partial charge >= 0.3 is 6.09 Å². The Morgan fingerprint density at radius 3 is 2.73 bits per heavy atom. The lowest BCUT2D eigenvalue weighted by molar-refractivity contribution is 0.0506. The van der Waals surface area contributed by atoms with Gasteiger partial charge in [-0.25, -0.2) is 4.79 Å². The van der Waals surface area contributed by atoms with E-state index in [1.165, 1.54) is 5.57 Å². The summed E-state index contributed by atoms with van der Waals surface area (Å²) in [7, 11) is 0. The van der Waals surface area contributed by atoms with E-state index in [0.717, 1.165) is 19.3 Å². The molecule has 0 saturated heterocycles. The predicted molar refractivity (Wildman–Crippen MR) is 60.4 cm³/mol. The number of amides is 1. The maximum atomic E-state index is 11.4. The van der Waals surface area contributed by atoms with Crippen LogP contribution in [-0.4, -0.2) is 17.7 Å². The molecule has 1 unspecified atom stereocenters. The maximum Gasteiger partial charge on any atom is 0.407 e. The molecule has 0 aromatic carbocycles. The van der Waals surface area contributed by atoms with Crippen molar-refractivity contribution in [2.45, 2.75) is 51.7 Å². The quantitative estimate of drug-likeness (QED) is 0.722.